The zero-order chi connectivity index (χ0) is 19.8. The van der Waals surface area contributed by atoms with E-state index in [1.165, 1.54) is 10.6 Å². The van der Waals surface area contributed by atoms with Crippen molar-refractivity contribution in [3.63, 3.8) is 0 Å². The molecule has 5 heteroatoms. The first-order chi connectivity index (χ1) is 13.6. The SMILES string of the molecule is CC(C)Sc1ccc(CC(=O)NCCN2CCN(c3ccccc3)CC2)cc1. The zero-order valence-corrected chi connectivity index (χ0v) is 17.8. The summed E-state index contributed by atoms with van der Waals surface area (Å²) >= 11 is 1.84. The molecule has 2 aromatic rings. The van der Waals surface area contributed by atoms with Crippen molar-refractivity contribution >= 4 is 23.4 Å². The normalized spacial score (nSPS) is 15.0. The Morgan fingerprint density at radius 2 is 1.68 bits per heavy atom. The highest BCUT2D eigenvalue weighted by Gasteiger charge is 2.16. The molecule has 0 atom stereocenters. The number of nitrogens with zero attached hydrogens (tertiary/aromatic N) is 2. The molecule has 3 rings (SSSR count). The van der Waals surface area contributed by atoms with Gasteiger partial charge in [0.05, 0.1) is 6.42 Å². The van der Waals surface area contributed by atoms with Gasteiger partial charge in [-0.1, -0.05) is 44.2 Å². The summed E-state index contributed by atoms with van der Waals surface area (Å²) in [4.78, 5) is 18.3. The Morgan fingerprint density at radius 3 is 2.32 bits per heavy atom. The Hall–Kier alpha value is -1.98. The second-order valence-corrected chi connectivity index (χ2v) is 9.15. The molecule has 0 spiro atoms. The minimum atomic E-state index is 0.104. The lowest BCUT2D eigenvalue weighted by molar-refractivity contribution is -0.120. The molecule has 4 nitrogen and oxygen atoms in total. The fourth-order valence-electron chi connectivity index (χ4n) is 3.43. The smallest absolute Gasteiger partial charge is 0.224 e. The molecule has 0 bridgehead atoms. The number of piperazine rings is 1. The molecule has 0 unspecified atom stereocenters. The number of rotatable bonds is 8. The van der Waals surface area contributed by atoms with Crippen molar-refractivity contribution in [1.82, 2.24) is 10.2 Å². The third-order valence-electron chi connectivity index (χ3n) is 4.90. The summed E-state index contributed by atoms with van der Waals surface area (Å²) in [5.74, 6) is 0.104. The number of carbonyl (C=O) groups excluding carboxylic acids is 1. The number of carbonyl (C=O) groups is 1. The maximum absolute atomic E-state index is 12.2. The van der Waals surface area contributed by atoms with Gasteiger partial charge in [0, 0.05) is 55.1 Å². The number of nitrogens with one attached hydrogen (secondary N) is 1. The van der Waals surface area contributed by atoms with Crippen LogP contribution in [0.2, 0.25) is 0 Å². The quantitative estimate of drug-likeness (QED) is 0.690. The average molecular weight is 398 g/mol. The van der Waals surface area contributed by atoms with Crippen LogP contribution in [0.1, 0.15) is 19.4 Å². The maximum Gasteiger partial charge on any atom is 0.224 e. The van der Waals surface area contributed by atoms with E-state index in [0.29, 0.717) is 18.2 Å². The lowest BCUT2D eigenvalue weighted by Gasteiger charge is -2.36. The first-order valence-electron chi connectivity index (χ1n) is 10.1. The largest absolute Gasteiger partial charge is 0.369 e. The summed E-state index contributed by atoms with van der Waals surface area (Å²) in [6.07, 6.45) is 0.453. The van der Waals surface area contributed by atoms with E-state index in [2.05, 4.69) is 83.6 Å². The minimum absolute atomic E-state index is 0.104. The Balaban J connectivity index is 1.33. The van der Waals surface area contributed by atoms with Crippen molar-refractivity contribution in [3.05, 3.63) is 60.2 Å². The van der Waals surface area contributed by atoms with E-state index in [9.17, 15) is 4.79 Å². The molecule has 28 heavy (non-hydrogen) atoms. The van der Waals surface area contributed by atoms with E-state index < -0.39 is 0 Å². The predicted octanol–water partition coefficient (Wildman–Crippen LogP) is 3.67. The van der Waals surface area contributed by atoms with Gasteiger partial charge in [0.25, 0.3) is 0 Å². The van der Waals surface area contributed by atoms with Crippen LogP contribution in [0.25, 0.3) is 0 Å². The van der Waals surface area contributed by atoms with Crippen molar-refractivity contribution in [2.75, 3.05) is 44.2 Å². The van der Waals surface area contributed by atoms with Gasteiger partial charge in [-0.25, -0.2) is 0 Å². The second kappa shape index (κ2) is 10.5. The Morgan fingerprint density at radius 1 is 1.00 bits per heavy atom. The Bertz CT molecular complexity index is 725. The van der Waals surface area contributed by atoms with Crippen molar-refractivity contribution in [2.24, 2.45) is 0 Å². The first-order valence-corrected chi connectivity index (χ1v) is 11.0. The van der Waals surface area contributed by atoms with Gasteiger partial charge in [-0.3, -0.25) is 9.69 Å². The molecule has 1 saturated heterocycles. The van der Waals surface area contributed by atoms with Crippen LogP contribution in [-0.2, 0) is 11.2 Å². The van der Waals surface area contributed by atoms with E-state index in [-0.39, 0.29) is 5.91 Å². The average Bonchev–Trinajstić information content (AvgIpc) is 2.70. The van der Waals surface area contributed by atoms with Gasteiger partial charge in [0.1, 0.15) is 0 Å². The Kier molecular flexibility index (Phi) is 7.80. The van der Waals surface area contributed by atoms with Crippen LogP contribution in [0.3, 0.4) is 0 Å². The highest BCUT2D eigenvalue weighted by atomic mass is 32.2. The topological polar surface area (TPSA) is 35.6 Å². The van der Waals surface area contributed by atoms with Gasteiger partial charge in [0.2, 0.25) is 5.91 Å². The van der Waals surface area contributed by atoms with Gasteiger partial charge in [-0.15, -0.1) is 11.8 Å². The Labute approximate surface area is 173 Å². The monoisotopic (exact) mass is 397 g/mol. The molecule has 1 aliphatic heterocycles. The van der Waals surface area contributed by atoms with Crippen LogP contribution in [0, 0.1) is 0 Å². The van der Waals surface area contributed by atoms with Gasteiger partial charge >= 0.3 is 0 Å². The highest BCUT2D eigenvalue weighted by Crippen LogP contribution is 2.23. The highest BCUT2D eigenvalue weighted by molar-refractivity contribution is 7.99. The number of thioether (sulfide) groups is 1. The van der Waals surface area contributed by atoms with Gasteiger partial charge in [-0.2, -0.15) is 0 Å². The van der Waals surface area contributed by atoms with Crippen molar-refractivity contribution in [2.45, 2.75) is 30.4 Å². The third kappa shape index (κ3) is 6.57. The molecule has 0 radical (unpaired) electrons. The van der Waals surface area contributed by atoms with Crippen LogP contribution in [0.5, 0.6) is 0 Å². The number of para-hydroxylation sites is 1. The molecule has 1 fully saturated rings. The fourth-order valence-corrected chi connectivity index (χ4v) is 4.27. The molecule has 2 aromatic carbocycles. The summed E-state index contributed by atoms with van der Waals surface area (Å²) in [6.45, 7) is 10.2. The molecule has 1 aliphatic rings. The van der Waals surface area contributed by atoms with E-state index in [1.807, 2.05) is 11.8 Å². The predicted molar refractivity (Wildman–Crippen MR) is 119 cm³/mol. The van der Waals surface area contributed by atoms with Crippen LogP contribution in [-0.4, -0.2) is 55.3 Å². The summed E-state index contributed by atoms with van der Waals surface area (Å²) in [7, 11) is 0. The van der Waals surface area contributed by atoms with E-state index >= 15 is 0 Å². The molecular weight excluding hydrogens is 366 g/mol. The molecular formula is C23H31N3OS. The zero-order valence-electron chi connectivity index (χ0n) is 16.9. The standard InChI is InChI=1S/C23H31N3OS/c1-19(2)28-22-10-8-20(9-11-22)18-23(27)24-12-13-25-14-16-26(17-15-25)21-6-4-3-5-7-21/h3-11,19H,12-18H2,1-2H3,(H,24,27). The van der Waals surface area contributed by atoms with E-state index in [0.717, 1.165) is 38.3 Å². The fraction of sp³-hybridized carbons (Fsp3) is 0.435. The number of anilines is 1. The first kappa shape index (κ1) is 20.7. The minimum Gasteiger partial charge on any atom is -0.369 e. The third-order valence-corrected chi connectivity index (χ3v) is 5.92. The molecule has 0 aliphatic carbocycles. The second-order valence-electron chi connectivity index (χ2n) is 7.50. The molecule has 0 aromatic heterocycles. The molecule has 0 saturated carbocycles. The van der Waals surface area contributed by atoms with Crippen LogP contribution in [0.15, 0.2) is 59.5 Å². The van der Waals surface area contributed by atoms with Crippen LogP contribution >= 0.6 is 11.8 Å². The summed E-state index contributed by atoms with van der Waals surface area (Å²) in [5, 5.41) is 3.64. The maximum atomic E-state index is 12.2. The molecule has 150 valence electrons. The van der Waals surface area contributed by atoms with Crippen molar-refractivity contribution in [3.8, 4) is 0 Å². The van der Waals surface area contributed by atoms with Gasteiger partial charge in [0.15, 0.2) is 0 Å². The van der Waals surface area contributed by atoms with Crippen LogP contribution in [0.4, 0.5) is 5.69 Å². The lowest BCUT2D eigenvalue weighted by atomic mass is 10.1. The van der Waals surface area contributed by atoms with Gasteiger partial charge in [-0.05, 0) is 29.8 Å². The number of amides is 1. The molecule has 1 N–H and O–H groups in total. The van der Waals surface area contributed by atoms with Crippen molar-refractivity contribution < 1.29 is 4.79 Å². The number of benzene rings is 2. The number of hydrogen-bond acceptors (Lipinski definition) is 4. The van der Waals surface area contributed by atoms with Crippen molar-refractivity contribution in [1.29, 1.82) is 0 Å². The number of hydrogen-bond donors (Lipinski definition) is 1. The summed E-state index contributed by atoms with van der Waals surface area (Å²) in [5.41, 5.74) is 2.37. The van der Waals surface area contributed by atoms with Crippen LogP contribution < -0.4 is 10.2 Å². The molecule has 1 amide bonds. The van der Waals surface area contributed by atoms with Gasteiger partial charge < -0.3 is 10.2 Å². The summed E-state index contributed by atoms with van der Waals surface area (Å²) < 4.78 is 0. The lowest BCUT2D eigenvalue weighted by Crippen LogP contribution is -2.48. The van der Waals surface area contributed by atoms with E-state index in [4.69, 9.17) is 0 Å². The molecule has 1 heterocycles. The summed E-state index contributed by atoms with van der Waals surface area (Å²) in [6, 6.07) is 18.9. The van der Waals surface area contributed by atoms with E-state index in [1.54, 1.807) is 0 Å².